The zero-order valence-electron chi connectivity index (χ0n) is 17.7. The largest absolute Gasteiger partial charge is 0.289 e. The van der Waals surface area contributed by atoms with Gasteiger partial charge in [-0.05, 0) is 58.3 Å². The lowest BCUT2D eigenvalue weighted by molar-refractivity contribution is 0.105. The van der Waals surface area contributed by atoms with Gasteiger partial charge in [0, 0.05) is 29.2 Å². The van der Waals surface area contributed by atoms with E-state index in [-0.39, 0.29) is 17.0 Å². The number of nitrogens with one attached hydrogen (secondary N) is 1. The predicted molar refractivity (Wildman–Crippen MR) is 134 cm³/mol. The Morgan fingerprint density at radius 1 is 0.758 bits per heavy atom. The highest BCUT2D eigenvalue weighted by molar-refractivity contribution is 7.89. The quantitative estimate of drug-likeness (QED) is 0.361. The number of nitrogens with zero attached hydrogens (tertiary/aromatic N) is 1. The van der Waals surface area contributed by atoms with Crippen LogP contribution in [0.15, 0.2) is 95.9 Å². The van der Waals surface area contributed by atoms with Gasteiger partial charge in [0.1, 0.15) is 0 Å². The van der Waals surface area contributed by atoms with Gasteiger partial charge in [-0.25, -0.2) is 13.1 Å². The minimum Gasteiger partial charge on any atom is -0.289 e. The van der Waals surface area contributed by atoms with Gasteiger partial charge in [-0.15, -0.1) is 0 Å². The maximum absolute atomic E-state index is 13.0. The van der Waals surface area contributed by atoms with Gasteiger partial charge in [0.15, 0.2) is 0 Å². The molecule has 0 aliphatic carbocycles. The maximum Gasteiger partial charge on any atom is 0.240 e. The molecule has 1 fully saturated rings. The molecule has 4 aromatic carbocycles. The van der Waals surface area contributed by atoms with Crippen LogP contribution < -0.4 is 4.72 Å². The summed E-state index contributed by atoms with van der Waals surface area (Å²) in [6, 6.07) is 28.3. The van der Waals surface area contributed by atoms with Crippen LogP contribution in [0.2, 0.25) is 10.0 Å². The molecule has 0 aromatic heterocycles. The highest BCUT2D eigenvalue weighted by atomic mass is 35.5. The van der Waals surface area contributed by atoms with Crippen LogP contribution in [-0.2, 0) is 10.0 Å². The summed E-state index contributed by atoms with van der Waals surface area (Å²) < 4.78 is 28.9. The monoisotopic (exact) mass is 496 g/mol. The van der Waals surface area contributed by atoms with Crippen molar-refractivity contribution in [1.29, 1.82) is 0 Å². The Balaban J connectivity index is 1.34. The molecule has 0 unspecified atom stereocenters. The number of sulfonamides is 1. The van der Waals surface area contributed by atoms with E-state index in [1.807, 2.05) is 78.9 Å². The number of halogens is 2. The Morgan fingerprint density at radius 2 is 1.30 bits per heavy atom. The van der Waals surface area contributed by atoms with Gasteiger partial charge in [-0.3, -0.25) is 4.90 Å². The van der Waals surface area contributed by atoms with E-state index in [0.29, 0.717) is 23.1 Å². The molecule has 1 aliphatic heterocycles. The molecule has 0 bridgehead atoms. The first-order valence-electron chi connectivity index (χ1n) is 10.7. The van der Waals surface area contributed by atoms with Crippen LogP contribution in [0, 0.1) is 0 Å². The first-order valence-corrected chi connectivity index (χ1v) is 12.9. The summed E-state index contributed by atoms with van der Waals surface area (Å²) in [7, 11) is -3.61. The molecule has 1 saturated heterocycles. The van der Waals surface area contributed by atoms with Crippen molar-refractivity contribution in [1.82, 2.24) is 9.62 Å². The Bertz CT molecular complexity index is 1340. The molecule has 0 saturated carbocycles. The van der Waals surface area contributed by atoms with Gasteiger partial charge in [-0.2, -0.15) is 0 Å². The Morgan fingerprint density at radius 3 is 1.88 bits per heavy atom. The molecule has 0 atom stereocenters. The van der Waals surface area contributed by atoms with Crippen LogP contribution in [0.25, 0.3) is 10.8 Å². The molecule has 4 aromatic rings. The van der Waals surface area contributed by atoms with Gasteiger partial charge in [-0.1, -0.05) is 77.8 Å². The zero-order chi connectivity index (χ0) is 23.0. The third kappa shape index (κ3) is 4.79. The number of hydrogen-bond acceptors (Lipinski definition) is 3. The van der Waals surface area contributed by atoms with E-state index >= 15 is 0 Å². The Hall–Kier alpha value is -2.41. The van der Waals surface area contributed by atoms with Crippen molar-refractivity contribution >= 4 is 44.0 Å². The van der Waals surface area contributed by atoms with E-state index in [1.54, 1.807) is 12.1 Å². The fourth-order valence-electron chi connectivity index (χ4n) is 4.32. The third-order valence-corrected chi connectivity index (χ3v) is 8.02. The number of likely N-dealkylation sites (tertiary alicyclic amines) is 1. The van der Waals surface area contributed by atoms with Crippen molar-refractivity contribution < 1.29 is 8.42 Å². The van der Waals surface area contributed by atoms with Crippen molar-refractivity contribution in [2.24, 2.45) is 0 Å². The summed E-state index contributed by atoms with van der Waals surface area (Å²) in [6.07, 6.45) is 0. The molecule has 0 amide bonds. The van der Waals surface area contributed by atoms with E-state index in [1.165, 1.54) is 0 Å². The van der Waals surface area contributed by atoms with Crippen LogP contribution in [0.4, 0.5) is 0 Å². The number of rotatable bonds is 6. The van der Waals surface area contributed by atoms with E-state index in [2.05, 4.69) is 9.62 Å². The molecular formula is C26H22Cl2N2O2S. The van der Waals surface area contributed by atoms with E-state index in [4.69, 9.17) is 23.2 Å². The second-order valence-corrected chi connectivity index (χ2v) is 10.9. The van der Waals surface area contributed by atoms with Gasteiger partial charge in [0.05, 0.1) is 10.9 Å². The summed E-state index contributed by atoms with van der Waals surface area (Å²) in [4.78, 5) is 2.53. The van der Waals surface area contributed by atoms with Crippen LogP contribution in [0.3, 0.4) is 0 Å². The Kier molecular flexibility index (Phi) is 6.16. The second kappa shape index (κ2) is 9.09. The molecule has 1 N–H and O–H groups in total. The lowest BCUT2D eigenvalue weighted by atomic mass is 9.93. The second-order valence-electron chi connectivity index (χ2n) is 8.29. The maximum atomic E-state index is 13.0. The SMILES string of the molecule is O=S(=O)(NC1CN(C(c2ccc(Cl)cc2)c2ccc(Cl)cc2)C1)c1ccc2ccccc2c1. The van der Waals surface area contributed by atoms with Gasteiger partial charge in [0.2, 0.25) is 10.0 Å². The number of benzene rings is 4. The molecule has 7 heteroatoms. The fraction of sp³-hybridized carbons (Fsp3) is 0.154. The molecule has 0 radical (unpaired) electrons. The summed E-state index contributed by atoms with van der Waals surface area (Å²) in [5, 5.41) is 3.28. The summed E-state index contributed by atoms with van der Waals surface area (Å²) >= 11 is 12.2. The first kappa shape index (κ1) is 22.4. The van der Waals surface area contributed by atoms with Crippen molar-refractivity contribution in [2.75, 3.05) is 13.1 Å². The smallest absolute Gasteiger partial charge is 0.240 e. The Labute approximate surface area is 203 Å². The van der Waals surface area contributed by atoms with E-state index < -0.39 is 10.0 Å². The van der Waals surface area contributed by atoms with Crippen molar-refractivity contribution in [3.8, 4) is 0 Å². The first-order chi connectivity index (χ1) is 15.9. The van der Waals surface area contributed by atoms with E-state index in [9.17, 15) is 8.42 Å². The van der Waals surface area contributed by atoms with Crippen LogP contribution >= 0.6 is 23.2 Å². The topological polar surface area (TPSA) is 49.4 Å². The lowest BCUT2D eigenvalue weighted by Crippen LogP contribution is -2.60. The van der Waals surface area contributed by atoms with Crippen molar-refractivity contribution in [3.05, 3.63) is 112 Å². The summed E-state index contributed by atoms with van der Waals surface area (Å²) in [5.41, 5.74) is 2.19. The van der Waals surface area contributed by atoms with Gasteiger partial charge in [0.25, 0.3) is 0 Å². The zero-order valence-corrected chi connectivity index (χ0v) is 20.0. The highest BCUT2D eigenvalue weighted by Gasteiger charge is 2.36. The van der Waals surface area contributed by atoms with Crippen molar-refractivity contribution in [3.63, 3.8) is 0 Å². The molecular weight excluding hydrogens is 475 g/mol. The number of fused-ring (bicyclic) bond motifs is 1. The minimum absolute atomic E-state index is 0.0130. The van der Waals surface area contributed by atoms with Gasteiger partial charge >= 0.3 is 0 Å². The van der Waals surface area contributed by atoms with Crippen LogP contribution in [-0.4, -0.2) is 32.4 Å². The number of hydrogen-bond donors (Lipinski definition) is 1. The minimum atomic E-state index is -3.61. The summed E-state index contributed by atoms with van der Waals surface area (Å²) in [6.45, 7) is 1.20. The molecule has 168 valence electrons. The normalized spacial score (nSPS) is 15.1. The molecule has 4 nitrogen and oxygen atoms in total. The van der Waals surface area contributed by atoms with Crippen LogP contribution in [0.5, 0.6) is 0 Å². The molecule has 33 heavy (non-hydrogen) atoms. The highest BCUT2D eigenvalue weighted by Crippen LogP contribution is 2.34. The molecule has 1 heterocycles. The third-order valence-electron chi connectivity index (χ3n) is 6.00. The molecule has 1 aliphatic rings. The van der Waals surface area contributed by atoms with E-state index in [0.717, 1.165) is 21.9 Å². The standard InChI is InChI=1S/C26H22Cl2N2O2S/c27-22-10-5-19(6-11-22)26(20-7-12-23(28)13-8-20)30-16-24(17-30)29-33(31,32)25-14-9-18-3-1-2-4-21(18)15-25/h1-15,24,26,29H,16-17H2. The predicted octanol–water partition coefficient (Wildman–Crippen LogP) is 5.90. The molecule has 0 spiro atoms. The fourth-order valence-corrected chi connectivity index (χ4v) is 5.83. The lowest BCUT2D eigenvalue weighted by Gasteiger charge is -2.44. The molecule has 5 rings (SSSR count). The van der Waals surface area contributed by atoms with Gasteiger partial charge < -0.3 is 0 Å². The van der Waals surface area contributed by atoms with Crippen molar-refractivity contribution in [2.45, 2.75) is 17.0 Å². The summed E-state index contributed by atoms with van der Waals surface area (Å²) in [5.74, 6) is 0. The average molecular weight is 497 g/mol. The average Bonchev–Trinajstić information content (AvgIpc) is 2.79. The van der Waals surface area contributed by atoms with Crippen LogP contribution in [0.1, 0.15) is 17.2 Å².